The van der Waals surface area contributed by atoms with Gasteiger partial charge < -0.3 is 14.5 Å². The van der Waals surface area contributed by atoms with Gasteiger partial charge in [-0.1, -0.05) is 39.0 Å². The van der Waals surface area contributed by atoms with Crippen LogP contribution in [0.4, 0.5) is 0 Å². The Morgan fingerprint density at radius 3 is 2.56 bits per heavy atom. The van der Waals surface area contributed by atoms with Crippen LogP contribution in [0.25, 0.3) is 0 Å². The van der Waals surface area contributed by atoms with E-state index in [1.807, 2.05) is 19.1 Å². The van der Waals surface area contributed by atoms with E-state index in [0.29, 0.717) is 13.0 Å². The van der Waals surface area contributed by atoms with E-state index in [-0.39, 0.29) is 11.9 Å². The minimum absolute atomic E-state index is 0.0890. The highest BCUT2D eigenvalue weighted by molar-refractivity contribution is 5.75. The molecule has 1 amide bonds. The summed E-state index contributed by atoms with van der Waals surface area (Å²) in [5.74, 6) is 1.99. The molecular weight excluding hydrogens is 316 g/mol. The van der Waals surface area contributed by atoms with Gasteiger partial charge in [0.2, 0.25) is 5.91 Å². The number of hydrogen-bond donors (Lipinski definition) is 1. The van der Waals surface area contributed by atoms with Crippen LogP contribution in [0.5, 0.6) is 0 Å². The third kappa shape index (κ3) is 7.20. The maximum absolute atomic E-state index is 12.2. The Balaban J connectivity index is 1.76. The van der Waals surface area contributed by atoms with Crippen LogP contribution in [0.15, 0.2) is 16.5 Å². The smallest absolute Gasteiger partial charge is 0.220 e. The van der Waals surface area contributed by atoms with E-state index in [4.69, 9.17) is 9.15 Å². The zero-order chi connectivity index (χ0) is 17.9. The Hall–Kier alpha value is -1.33. The van der Waals surface area contributed by atoms with Crippen molar-refractivity contribution >= 4 is 5.91 Å². The van der Waals surface area contributed by atoms with E-state index >= 15 is 0 Å². The van der Waals surface area contributed by atoms with Crippen molar-refractivity contribution in [2.24, 2.45) is 0 Å². The Kier molecular flexibility index (Phi) is 9.05. The van der Waals surface area contributed by atoms with Gasteiger partial charge in [0.15, 0.2) is 0 Å². The second-order valence-electron chi connectivity index (χ2n) is 6.93. The zero-order valence-electron chi connectivity index (χ0n) is 15.9. The van der Waals surface area contributed by atoms with Gasteiger partial charge in [-0.05, 0) is 25.5 Å². The molecule has 5 nitrogen and oxygen atoms in total. The number of aryl methyl sites for hydroxylation is 1. The van der Waals surface area contributed by atoms with Crippen molar-refractivity contribution in [3.05, 3.63) is 23.7 Å². The number of furan rings is 1. The van der Waals surface area contributed by atoms with Crippen LogP contribution < -0.4 is 5.32 Å². The summed E-state index contributed by atoms with van der Waals surface area (Å²) in [6.45, 7) is 8.00. The number of carbonyl (C=O) groups excluding carboxylic acids is 1. The van der Waals surface area contributed by atoms with Crippen LogP contribution >= 0.6 is 0 Å². The fourth-order valence-electron chi connectivity index (χ4n) is 3.30. The highest BCUT2D eigenvalue weighted by atomic mass is 16.5. The average molecular weight is 351 g/mol. The van der Waals surface area contributed by atoms with Crippen LogP contribution in [0.2, 0.25) is 0 Å². The largest absolute Gasteiger partial charge is 0.465 e. The number of hydrogen-bond acceptors (Lipinski definition) is 4. The molecule has 1 saturated heterocycles. The van der Waals surface area contributed by atoms with Gasteiger partial charge in [0.05, 0.1) is 19.3 Å². The third-order valence-electron chi connectivity index (χ3n) is 4.83. The van der Waals surface area contributed by atoms with Gasteiger partial charge in [-0.15, -0.1) is 0 Å². The average Bonchev–Trinajstić information content (AvgIpc) is 3.05. The van der Waals surface area contributed by atoms with E-state index in [9.17, 15) is 4.79 Å². The minimum atomic E-state index is 0.0890. The molecule has 0 radical (unpaired) electrons. The molecule has 0 aliphatic carbocycles. The molecule has 2 rings (SSSR count). The lowest BCUT2D eigenvalue weighted by Gasteiger charge is -2.33. The molecule has 0 saturated carbocycles. The van der Waals surface area contributed by atoms with Crippen molar-refractivity contribution < 1.29 is 13.9 Å². The molecule has 1 fully saturated rings. The van der Waals surface area contributed by atoms with Crippen molar-refractivity contribution in [1.29, 1.82) is 0 Å². The summed E-state index contributed by atoms with van der Waals surface area (Å²) in [6, 6.07) is 4.10. The Bertz CT molecular complexity index is 495. The molecule has 142 valence electrons. The van der Waals surface area contributed by atoms with Gasteiger partial charge in [-0.25, -0.2) is 0 Å². The van der Waals surface area contributed by atoms with Crippen LogP contribution in [-0.2, 0) is 9.53 Å². The number of ether oxygens (including phenoxy) is 1. The first-order chi connectivity index (χ1) is 12.2. The molecule has 1 unspecified atom stereocenters. The Morgan fingerprint density at radius 1 is 1.16 bits per heavy atom. The fraction of sp³-hybridized carbons (Fsp3) is 0.750. The quantitative estimate of drug-likeness (QED) is 0.616. The molecule has 1 atom stereocenters. The summed E-state index contributed by atoms with van der Waals surface area (Å²) in [7, 11) is 0. The van der Waals surface area contributed by atoms with Crippen molar-refractivity contribution in [3.63, 3.8) is 0 Å². The predicted octanol–water partition coefficient (Wildman–Crippen LogP) is 3.83. The lowest BCUT2D eigenvalue weighted by Crippen LogP contribution is -2.43. The molecule has 1 aliphatic heterocycles. The van der Waals surface area contributed by atoms with E-state index in [2.05, 4.69) is 17.1 Å². The first-order valence-corrected chi connectivity index (χ1v) is 9.85. The molecule has 0 bridgehead atoms. The summed E-state index contributed by atoms with van der Waals surface area (Å²) in [4.78, 5) is 14.5. The number of unbranched alkanes of at least 4 members (excludes halogenated alkanes) is 5. The molecule has 25 heavy (non-hydrogen) atoms. The second-order valence-corrected chi connectivity index (χ2v) is 6.93. The molecule has 0 spiro atoms. The monoisotopic (exact) mass is 350 g/mol. The van der Waals surface area contributed by atoms with Crippen molar-refractivity contribution in [2.75, 3.05) is 32.8 Å². The van der Waals surface area contributed by atoms with E-state index in [0.717, 1.165) is 50.7 Å². The molecule has 1 aromatic heterocycles. The standard InChI is InChI=1S/C20H34N2O3/c1-3-4-5-6-7-8-9-20(23)21-16-18(19-11-10-17(2)25-19)22-12-14-24-15-13-22/h10-11,18H,3-9,12-16H2,1-2H3,(H,21,23). The van der Waals surface area contributed by atoms with Gasteiger partial charge >= 0.3 is 0 Å². The van der Waals surface area contributed by atoms with Crippen LogP contribution in [-0.4, -0.2) is 43.7 Å². The summed E-state index contributed by atoms with van der Waals surface area (Å²) in [5.41, 5.74) is 0. The number of nitrogens with one attached hydrogen (secondary N) is 1. The summed E-state index contributed by atoms with van der Waals surface area (Å²) < 4.78 is 11.3. The van der Waals surface area contributed by atoms with E-state index < -0.39 is 0 Å². The number of carbonyl (C=O) groups is 1. The van der Waals surface area contributed by atoms with Gasteiger partial charge in [0, 0.05) is 26.1 Å². The third-order valence-corrected chi connectivity index (χ3v) is 4.83. The van der Waals surface area contributed by atoms with Gasteiger partial charge in [-0.3, -0.25) is 9.69 Å². The maximum Gasteiger partial charge on any atom is 0.220 e. The van der Waals surface area contributed by atoms with Crippen molar-refractivity contribution in [2.45, 2.75) is 64.8 Å². The lowest BCUT2D eigenvalue weighted by atomic mass is 10.1. The molecule has 5 heteroatoms. The minimum Gasteiger partial charge on any atom is -0.465 e. The van der Waals surface area contributed by atoms with Crippen LogP contribution in [0, 0.1) is 6.92 Å². The second kappa shape index (κ2) is 11.3. The number of morpholine rings is 1. The van der Waals surface area contributed by atoms with Crippen molar-refractivity contribution in [3.8, 4) is 0 Å². The molecule has 1 aromatic rings. The Morgan fingerprint density at radius 2 is 1.88 bits per heavy atom. The molecule has 1 N–H and O–H groups in total. The maximum atomic E-state index is 12.2. The fourth-order valence-corrected chi connectivity index (χ4v) is 3.30. The normalized spacial score (nSPS) is 16.7. The summed E-state index contributed by atoms with van der Waals surface area (Å²) in [6.07, 6.45) is 7.85. The van der Waals surface area contributed by atoms with Crippen LogP contribution in [0.1, 0.15) is 69.4 Å². The summed E-state index contributed by atoms with van der Waals surface area (Å²) in [5, 5.41) is 3.11. The first kappa shape index (κ1) is 20.0. The van der Waals surface area contributed by atoms with E-state index in [1.54, 1.807) is 0 Å². The Labute approximate surface area is 152 Å². The topological polar surface area (TPSA) is 54.7 Å². The number of rotatable bonds is 11. The van der Waals surface area contributed by atoms with Gasteiger partial charge in [0.1, 0.15) is 11.5 Å². The van der Waals surface area contributed by atoms with Crippen molar-refractivity contribution in [1.82, 2.24) is 10.2 Å². The highest BCUT2D eigenvalue weighted by Crippen LogP contribution is 2.23. The van der Waals surface area contributed by atoms with E-state index in [1.165, 1.54) is 25.7 Å². The highest BCUT2D eigenvalue weighted by Gasteiger charge is 2.25. The SMILES string of the molecule is CCCCCCCCC(=O)NCC(c1ccc(C)o1)N1CCOCC1. The first-order valence-electron chi connectivity index (χ1n) is 9.85. The lowest BCUT2D eigenvalue weighted by molar-refractivity contribution is -0.121. The zero-order valence-corrected chi connectivity index (χ0v) is 15.9. The summed E-state index contributed by atoms with van der Waals surface area (Å²) >= 11 is 0. The van der Waals surface area contributed by atoms with Crippen LogP contribution in [0.3, 0.4) is 0 Å². The molecule has 2 heterocycles. The number of amides is 1. The van der Waals surface area contributed by atoms with Gasteiger partial charge in [-0.2, -0.15) is 0 Å². The predicted molar refractivity (Wildman–Crippen MR) is 99.6 cm³/mol. The molecular formula is C20H34N2O3. The molecule has 1 aliphatic rings. The molecule has 0 aromatic carbocycles. The number of nitrogens with zero attached hydrogens (tertiary/aromatic N) is 1. The van der Waals surface area contributed by atoms with Gasteiger partial charge in [0.25, 0.3) is 0 Å².